The summed E-state index contributed by atoms with van der Waals surface area (Å²) in [6.45, 7) is 3.15. The molecular weight excluding hydrogens is 204 g/mol. The van der Waals surface area contributed by atoms with E-state index in [-0.39, 0.29) is 0 Å². The van der Waals surface area contributed by atoms with E-state index in [4.69, 9.17) is 5.73 Å². The molecule has 2 nitrogen and oxygen atoms in total. The maximum Gasteiger partial charge on any atom is 0.0504 e. The molecule has 3 heteroatoms. The fourth-order valence-electron chi connectivity index (χ4n) is 1.92. The summed E-state index contributed by atoms with van der Waals surface area (Å²) in [7, 11) is 0. The first-order valence-corrected chi connectivity index (χ1v) is 6.51. The Morgan fingerprint density at radius 1 is 1.40 bits per heavy atom. The quantitative estimate of drug-likeness (QED) is 0.806. The molecule has 0 atom stereocenters. The van der Waals surface area contributed by atoms with Crippen LogP contribution in [-0.4, -0.2) is 10.8 Å². The van der Waals surface area contributed by atoms with E-state index >= 15 is 0 Å². The highest BCUT2D eigenvalue weighted by Gasteiger charge is 2.06. The lowest BCUT2D eigenvalue weighted by atomic mass is 10.2. The van der Waals surface area contributed by atoms with Gasteiger partial charge in [-0.1, -0.05) is 6.07 Å². The van der Waals surface area contributed by atoms with Gasteiger partial charge in [0.1, 0.15) is 0 Å². The predicted octanol–water partition coefficient (Wildman–Crippen LogP) is 3.11. The largest absolute Gasteiger partial charge is 0.399 e. The molecule has 0 aliphatic rings. The first-order chi connectivity index (χ1) is 7.26. The van der Waals surface area contributed by atoms with Gasteiger partial charge in [0.2, 0.25) is 0 Å². The highest BCUT2D eigenvalue weighted by Crippen LogP contribution is 2.26. The Labute approximate surface area is 94.5 Å². The number of anilines is 1. The van der Waals surface area contributed by atoms with E-state index in [1.807, 2.05) is 17.8 Å². The second-order valence-electron chi connectivity index (χ2n) is 3.65. The second-order valence-corrected chi connectivity index (χ2v) is 4.52. The lowest BCUT2D eigenvalue weighted by Gasteiger charge is -2.00. The number of rotatable bonds is 3. The molecule has 0 spiro atoms. The van der Waals surface area contributed by atoms with Crippen LogP contribution in [0.5, 0.6) is 0 Å². The van der Waals surface area contributed by atoms with Crippen LogP contribution in [0, 0.1) is 0 Å². The summed E-state index contributed by atoms with van der Waals surface area (Å²) in [5.41, 5.74) is 9.30. The van der Waals surface area contributed by atoms with Crippen molar-refractivity contribution in [3.05, 3.63) is 30.0 Å². The molecular formula is C12H16N2S. The highest BCUT2D eigenvalue weighted by molar-refractivity contribution is 7.97. The van der Waals surface area contributed by atoms with Crippen LogP contribution in [0.25, 0.3) is 10.9 Å². The molecule has 0 unspecified atom stereocenters. The third-order valence-corrected chi connectivity index (χ3v) is 3.23. The minimum atomic E-state index is 0.839. The van der Waals surface area contributed by atoms with Gasteiger partial charge in [-0.3, -0.25) is 0 Å². The van der Waals surface area contributed by atoms with Crippen LogP contribution in [0.2, 0.25) is 0 Å². The number of nitrogens with two attached hydrogens (primary N) is 1. The Kier molecular flexibility index (Phi) is 2.91. The molecule has 2 rings (SSSR count). The smallest absolute Gasteiger partial charge is 0.0504 e. The number of hydrogen-bond donors (Lipinski definition) is 1. The van der Waals surface area contributed by atoms with Crippen molar-refractivity contribution in [3.63, 3.8) is 0 Å². The van der Waals surface area contributed by atoms with Gasteiger partial charge >= 0.3 is 0 Å². The van der Waals surface area contributed by atoms with Crippen LogP contribution in [-0.2, 0) is 12.3 Å². The summed E-state index contributed by atoms with van der Waals surface area (Å²) in [4.78, 5) is 0. The monoisotopic (exact) mass is 220 g/mol. The average Bonchev–Trinajstić information content (AvgIpc) is 2.56. The zero-order valence-electron chi connectivity index (χ0n) is 9.16. The minimum Gasteiger partial charge on any atom is -0.399 e. The number of nitrogen functional groups attached to an aromatic ring is 1. The number of aryl methyl sites for hydroxylation is 1. The molecule has 0 saturated carbocycles. The average molecular weight is 220 g/mol. The van der Waals surface area contributed by atoms with E-state index in [0.29, 0.717) is 0 Å². The number of thioether (sulfide) groups is 1. The Morgan fingerprint density at radius 2 is 2.20 bits per heavy atom. The molecule has 1 aromatic heterocycles. The third kappa shape index (κ3) is 1.84. The number of hydrogen-bond acceptors (Lipinski definition) is 2. The molecule has 0 fully saturated rings. The molecule has 15 heavy (non-hydrogen) atoms. The van der Waals surface area contributed by atoms with Crippen molar-refractivity contribution in [1.29, 1.82) is 0 Å². The SMILES string of the molecule is CCn1cc(CSC)c2ccc(N)cc21. The van der Waals surface area contributed by atoms with Crippen molar-refractivity contribution in [2.45, 2.75) is 19.2 Å². The van der Waals surface area contributed by atoms with Gasteiger partial charge in [-0.15, -0.1) is 0 Å². The molecule has 0 radical (unpaired) electrons. The zero-order valence-corrected chi connectivity index (χ0v) is 9.97. The topological polar surface area (TPSA) is 30.9 Å². The Morgan fingerprint density at radius 3 is 2.87 bits per heavy atom. The standard InChI is InChI=1S/C12H16N2S/c1-3-14-7-9(8-15-2)11-5-4-10(13)6-12(11)14/h4-7H,3,8,13H2,1-2H3. The van der Waals surface area contributed by atoms with Crippen LogP contribution in [0.1, 0.15) is 12.5 Å². The van der Waals surface area contributed by atoms with Crippen molar-refractivity contribution < 1.29 is 0 Å². The predicted molar refractivity (Wildman–Crippen MR) is 69.2 cm³/mol. The molecule has 0 bridgehead atoms. The summed E-state index contributed by atoms with van der Waals surface area (Å²) >= 11 is 1.85. The van der Waals surface area contributed by atoms with E-state index in [0.717, 1.165) is 18.0 Å². The molecule has 0 aliphatic carbocycles. The van der Waals surface area contributed by atoms with Gasteiger partial charge in [-0.05, 0) is 30.9 Å². The van der Waals surface area contributed by atoms with Gasteiger partial charge in [-0.2, -0.15) is 11.8 Å². The third-order valence-electron chi connectivity index (χ3n) is 2.63. The lowest BCUT2D eigenvalue weighted by molar-refractivity contribution is 0.795. The summed E-state index contributed by atoms with van der Waals surface area (Å²) in [5.74, 6) is 1.06. The molecule has 0 aliphatic heterocycles. The fourth-order valence-corrected chi connectivity index (χ4v) is 2.46. The number of nitrogens with zero attached hydrogens (tertiary/aromatic N) is 1. The van der Waals surface area contributed by atoms with Crippen LogP contribution < -0.4 is 5.73 Å². The van der Waals surface area contributed by atoms with Gasteiger partial charge in [0, 0.05) is 29.6 Å². The molecule has 1 aromatic carbocycles. The van der Waals surface area contributed by atoms with Crippen LogP contribution in [0.4, 0.5) is 5.69 Å². The Balaban J connectivity index is 2.64. The molecule has 2 N–H and O–H groups in total. The van der Waals surface area contributed by atoms with Crippen LogP contribution in [0.15, 0.2) is 24.4 Å². The van der Waals surface area contributed by atoms with Crippen molar-refractivity contribution in [2.24, 2.45) is 0 Å². The first-order valence-electron chi connectivity index (χ1n) is 5.12. The number of benzene rings is 1. The summed E-state index contributed by atoms with van der Waals surface area (Å²) in [6.07, 6.45) is 4.37. The van der Waals surface area contributed by atoms with Crippen molar-refractivity contribution in [2.75, 3.05) is 12.0 Å². The van der Waals surface area contributed by atoms with Crippen LogP contribution in [0.3, 0.4) is 0 Å². The molecule has 0 amide bonds. The van der Waals surface area contributed by atoms with Crippen molar-refractivity contribution in [3.8, 4) is 0 Å². The molecule has 80 valence electrons. The van der Waals surface area contributed by atoms with Gasteiger partial charge in [0.05, 0.1) is 5.52 Å². The molecule has 2 aromatic rings. The normalized spacial score (nSPS) is 11.1. The fraction of sp³-hybridized carbons (Fsp3) is 0.333. The van der Waals surface area contributed by atoms with E-state index in [1.165, 1.54) is 16.5 Å². The van der Waals surface area contributed by atoms with E-state index in [1.54, 1.807) is 0 Å². The minimum absolute atomic E-state index is 0.839. The molecule has 1 heterocycles. The second kappa shape index (κ2) is 4.19. The Bertz CT molecular complexity index is 474. The van der Waals surface area contributed by atoms with Crippen molar-refractivity contribution >= 4 is 28.4 Å². The van der Waals surface area contributed by atoms with Gasteiger partial charge < -0.3 is 10.3 Å². The van der Waals surface area contributed by atoms with Crippen LogP contribution >= 0.6 is 11.8 Å². The lowest BCUT2D eigenvalue weighted by Crippen LogP contribution is -1.91. The van der Waals surface area contributed by atoms with E-state index < -0.39 is 0 Å². The summed E-state index contributed by atoms with van der Waals surface area (Å²) in [6, 6.07) is 6.16. The summed E-state index contributed by atoms with van der Waals surface area (Å²) in [5, 5.41) is 1.33. The highest BCUT2D eigenvalue weighted by atomic mass is 32.2. The van der Waals surface area contributed by atoms with E-state index in [9.17, 15) is 0 Å². The Hall–Kier alpha value is -1.09. The maximum atomic E-state index is 5.81. The number of fused-ring (bicyclic) bond motifs is 1. The van der Waals surface area contributed by atoms with Gasteiger partial charge in [-0.25, -0.2) is 0 Å². The van der Waals surface area contributed by atoms with E-state index in [2.05, 4.69) is 36.1 Å². The first kappa shape index (κ1) is 10.4. The van der Waals surface area contributed by atoms with Crippen molar-refractivity contribution in [1.82, 2.24) is 4.57 Å². The maximum absolute atomic E-state index is 5.81. The van der Waals surface area contributed by atoms with Gasteiger partial charge in [0.25, 0.3) is 0 Å². The summed E-state index contributed by atoms with van der Waals surface area (Å²) < 4.78 is 2.26. The molecule has 0 saturated heterocycles. The van der Waals surface area contributed by atoms with Gasteiger partial charge in [0.15, 0.2) is 0 Å². The number of aromatic nitrogens is 1. The zero-order chi connectivity index (χ0) is 10.8.